The maximum atomic E-state index is 13.1. The number of carbonyl (C=O) groups excluding carboxylic acids is 3. The molecule has 1 saturated heterocycles. The Morgan fingerprint density at radius 2 is 1.67 bits per heavy atom. The fraction of sp³-hybridized carbons (Fsp3) is 0.0800. The number of imide groups is 2. The molecule has 2 aliphatic rings. The Labute approximate surface area is 227 Å². The van der Waals surface area contributed by atoms with Crippen molar-refractivity contribution in [2.45, 2.75) is 6.61 Å². The highest BCUT2D eigenvalue weighted by Crippen LogP contribution is 2.37. The third-order valence-corrected chi connectivity index (χ3v) is 6.77. The molecular weight excluding hydrogens is 620 g/mol. The van der Waals surface area contributed by atoms with Crippen molar-refractivity contribution in [3.8, 4) is 17.2 Å². The molecule has 4 amide bonds. The zero-order chi connectivity index (χ0) is 25.4. The molecule has 11 heteroatoms. The lowest BCUT2D eigenvalue weighted by atomic mass is 10.1. The van der Waals surface area contributed by atoms with Gasteiger partial charge in [0, 0.05) is 5.02 Å². The summed E-state index contributed by atoms with van der Waals surface area (Å²) >= 11 is 12.9. The van der Waals surface area contributed by atoms with Gasteiger partial charge in [0.05, 0.1) is 14.6 Å². The van der Waals surface area contributed by atoms with Crippen LogP contribution in [0.4, 0.5) is 10.5 Å². The molecule has 1 N–H and O–H groups in total. The summed E-state index contributed by atoms with van der Waals surface area (Å²) in [5.41, 5.74) is 1.51. The maximum Gasteiger partial charge on any atom is 0.335 e. The van der Waals surface area contributed by atoms with Crippen molar-refractivity contribution < 1.29 is 28.6 Å². The van der Waals surface area contributed by atoms with E-state index in [1.807, 2.05) is 18.2 Å². The smallest absolute Gasteiger partial charge is 0.335 e. The van der Waals surface area contributed by atoms with Crippen LogP contribution in [0.2, 0.25) is 5.02 Å². The van der Waals surface area contributed by atoms with Gasteiger partial charge in [-0.1, -0.05) is 17.7 Å². The largest absolute Gasteiger partial charge is 0.487 e. The molecule has 3 aromatic carbocycles. The van der Waals surface area contributed by atoms with E-state index in [0.717, 1.165) is 10.5 Å². The number of hydrogen-bond donors (Lipinski definition) is 1. The quantitative estimate of drug-likeness (QED) is 0.280. The summed E-state index contributed by atoms with van der Waals surface area (Å²) in [4.78, 5) is 38.8. The highest BCUT2D eigenvalue weighted by Gasteiger charge is 2.36. The Morgan fingerprint density at radius 3 is 2.39 bits per heavy atom. The van der Waals surface area contributed by atoms with Gasteiger partial charge in [0.1, 0.15) is 17.9 Å². The number of amides is 4. The van der Waals surface area contributed by atoms with Crippen LogP contribution in [0.1, 0.15) is 11.1 Å². The predicted octanol–water partition coefficient (Wildman–Crippen LogP) is 5.84. The molecule has 1 fully saturated rings. The van der Waals surface area contributed by atoms with Crippen LogP contribution in [0.3, 0.4) is 0 Å². The molecule has 2 heterocycles. The summed E-state index contributed by atoms with van der Waals surface area (Å²) in [5, 5.41) is 2.65. The molecule has 0 bridgehead atoms. The number of anilines is 1. The van der Waals surface area contributed by atoms with Crippen LogP contribution < -0.4 is 24.4 Å². The normalized spacial score (nSPS) is 15.9. The topological polar surface area (TPSA) is 94.2 Å². The molecule has 0 spiro atoms. The zero-order valence-corrected chi connectivity index (χ0v) is 22.1. The number of urea groups is 1. The molecule has 2 aliphatic heterocycles. The lowest BCUT2D eigenvalue weighted by molar-refractivity contribution is -0.122. The van der Waals surface area contributed by atoms with E-state index in [0.29, 0.717) is 36.8 Å². The van der Waals surface area contributed by atoms with E-state index in [4.69, 9.17) is 25.8 Å². The molecule has 5 rings (SSSR count). The van der Waals surface area contributed by atoms with E-state index in [1.165, 1.54) is 18.2 Å². The van der Waals surface area contributed by atoms with Gasteiger partial charge in [0.15, 0.2) is 11.5 Å². The maximum absolute atomic E-state index is 13.1. The van der Waals surface area contributed by atoms with Gasteiger partial charge in [-0.25, -0.2) is 9.69 Å². The van der Waals surface area contributed by atoms with E-state index in [2.05, 4.69) is 37.2 Å². The highest BCUT2D eigenvalue weighted by molar-refractivity contribution is 9.11. The number of nitrogens with zero attached hydrogens (tertiary/aromatic N) is 1. The molecule has 0 aliphatic carbocycles. The van der Waals surface area contributed by atoms with E-state index in [1.54, 1.807) is 24.3 Å². The van der Waals surface area contributed by atoms with E-state index < -0.39 is 17.8 Å². The first-order chi connectivity index (χ1) is 17.3. The number of carbonyl (C=O) groups is 3. The van der Waals surface area contributed by atoms with Crippen molar-refractivity contribution in [3.05, 3.63) is 85.3 Å². The monoisotopic (exact) mass is 632 g/mol. The second-order valence-electron chi connectivity index (χ2n) is 7.72. The Kier molecular flexibility index (Phi) is 6.74. The minimum absolute atomic E-state index is 0.194. The van der Waals surface area contributed by atoms with Gasteiger partial charge in [0.25, 0.3) is 11.8 Å². The molecule has 3 aromatic rings. The van der Waals surface area contributed by atoms with Crippen LogP contribution in [0.15, 0.2) is 69.1 Å². The highest BCUT2D eigenvalue weighted by atomic mass is 79.9. The van der Waals surface area contributed by atoms with Crippen LogP contribution in [0.5, 0.6) is 17.2 Å². The third kappa shape index (κ3) is 4.84. The number of rotatable bonds is 5. The lowest BCUT2D eigenvalue weighted by Crippen LogP contribution is -2.54. The summed E-state index contributed by atoms with van der Waals surface area (Å²) in [6, 6.07) is 14.3. The number of halogens is 3. The Bertz CT molecular complexity index is 1420. The standard InChI is InChI=1S/C25H15Br2ClN2O6/c26-18-8-14(9-19(27)22(18)34-11-13-1-6-20-21(10-13)36-12-35-20)7-17-23(31)29-25(33)30(24(17)32)16-4-2-15(28)3-5-16/h1-10H,11-12H2,(H,29,31,33)/b17-7+. The molecule has 0 saturated carbocycles. The molecule has 0 atom stereocenters. The summed E-state index contributed by atoms with van der Waals surface area (Å²) < 4.78 is 17.9. The first-order valence-corrected chi connectivity index (χ1v) is 12.4. The van der Waals surface area contributed by atoms with Crippen molar-refractivity contribution in [1.82, 2.24) is 5.32 Å². The van der Waals surface area contributed by atoms with Crippen molar-refractivity contribution >= 4 is 73.1 Å². The van der Waals surface area contributed by atoms with Crippen molar-refractivity contribution in [3.63, 3.8) is 0 Å². The first-order valence-electron chi connectivity index (χ1n) is 10.5. The minimum atomic E-state index is -0.834. The van der Waals surface area contributed by atoms with Gasteiger partial charge in [-0.3, -0.25) is 14.9 Å². The molecule has 0 radical (unpaired) electrons. The number of barbiturate groups is 1. The van der Waals surface area contributed by atoms with Crippen LogP contribution in [0.25, 0.3) is 6.08 Å². The molecule has 8 nitrogen and oxygen atoms in total. The summed E-state index contributed by atoms with van der Waals surface area (Å²) in [5.74, 6) is 0.355. The number of nitrogens with one attached hydrogen (secondary N) is 1. The second kappa shape index (κ2) is 9.96. The van der Waals surface area contributed by atoms with Gasteiger partial charge < -0.3 is 14.2 Å². The van der Waals surface area contributed by atoms with Gasteiger partial charge in [-0.05, 0) is 97.6 Å². The lowest BCUT2D eigenvalue weighted by Gasteiger charge is -2.26. The SMILES string of the molecule is O=C1NC(=O)N(c2ccc(Cl)cc2)C(=O)/C1=C/c1cc(Br)c(OCc2ccc3c(c2)OCO3)c(Br)c1. The fourth-order valence-corrected chi connectivity index (χ4v) is 5.21. The minimum Gasteiger partial charge on any atom is -0.487 e. The molecule has 0 aromatic heterocycles. The van der Waals surface area contributed by atoms with Crippen molar-refractivity contribution in [2.24, 2.45) is 0 Å². The van der Waals surface area contributed by atoms with Crippen LogP contribution in [0, 0.1) is 0 Å². The Morgan fingerprint density at radius 1 is 0.972 bits per heavy atom. The van der Waals surface area contributed by atoms with Crippen molar-refractivity contribution in [2.75, 3.05) is 11.7 Å². The molecule has 182 valence electrons. The average Bonchev–Trinajstić information content (AvgIpc) is 3.30. The number of hydrogen-bond acceptors (Lipinski definition) is 6. The number of fused-ring (bicyclic) bond motifs is 1. The Hall–Kier alpha value is -3.34. The fourth-order valence-electron chi connectivity index (χ4n) is 3.64. The van der Waals surface area contributed by atoms with Crippen LogP contribution >= 0.6 is 43.5 Å². The Balaban J connectivity index is 1.38. The molecule has 36 heavy (non-hydrogen) atoms. The molecule has 0 unspecified atom stereocenters. The molecular formula is C25H15Br2ClN2O6. The van der Waals surface area contributed by atoms with Crippen LogP contribution in [-0.2, 0) is 16.2 Å². The van der Waals surface area contributed by atoms with E-state index >= 15 is 0 Å². The predicted molar refractivity (Wildman–Crippen MR) is 139 cm³/mol. The summed E-state index contributed by atoms with van der Waals surface area (Å²) in [6.45, 7) is 0.465. The third-order valence-electron chi connectivity index (χ3n) is 5.34. The van der Waals surface area contributed by atoms with Gasteiger partial charge in [-0.15, -0.1) is 0 Å². The van der Waals surface area contributed by atoms with E-state index in [9.17, 15) is 14.4 Å². The summed E-state index contributed by atoms with van der Waals surface area (Å²) in [6.07, 6.45) is 1.41. The van der Waals surface area contributed by atoms with Crippen LogP contribution in [-0.4, -0.2) is 24.6 Å². The van der Waals surface area contributed by atoms with Gasteiger partial charge in [0.2, 0.25) is 6.79 Å². The number of ether oxygens (including phenoxy) is 3. The zero-order valence-electron chi connectivity index (χ0n) is 18.2. The van der Waals surface area contributed by atoms with Gasteiger partial charge >= 0.3 is 6.03 Å². The second-order valence-corrected chi connectivity index (χ2v) is 9.87. The van der Waals surface area contributed by atoms with Gasteiger partial charge in [-0.2, -0.15) is 0 Å². The van der Waals surface area contributed by atoms with Crippen molar-refractivity contribution in [1.29, 1.82) is 0 Å². The summed E-state index contributed by atoms with van der Waals surface area (Å²) in [7, 11) is 0. The first kappa shape index (κ1) is 24.4. The van der Waals surface area contributed by atoms with E-state index in [-0.39, 0.29) is 24.7 Å². The average molecular weight is 635 g/mol. The number of benzene rings is 3.